The van der Waals surface area contributed by atoms with E-state index in [9.17, 15) is 0 Å². The molecule has 0 bridgehead atoms. The van der Waals surface area contributed by atoms with E-state index in [1.54, 1.807) is 4.68 Å². The molecule has 0 unspecified atom stereocenters. The fraction of sp³-hybridized carbons (Fsp3) is 0.333. The molecule has 0 radical (unpaired) electrons. The fourth-order valence-electron chi connectivity index (χ4n) is 1.65. The van der Waals surface area contributed by atoms with Gasteiger partial charge in [0.05, 0.1) is 6.54 Å². The average molecular weight is 231 g/mol. The van der Waals surface area contributed by atoms with Crippen molar-refractivity contribution >= 4 is 11.9 Å². The van der Waals surface area contributed by atoms with E-state index in [0.29, 0.717) is 18.4 Å². The number of hydrogen-bond donors (Lipinski definition) is 2. The van der Waals surface area contributed by atoms with Crippen molar-refractivity contribution in [3.8, 4) is 0 Å². The van der Waals surface area contributed by atoms with E-state index in [0.717, 1.165) is 6.54 Å². The Morgan fingerprint density at radius 1 is 1.35 bits per heavy atom. The molecule has 1 aromatic heterocycles. The summed E-state index contributed by atoms with van der Waals surface area (Å²) in [5.41, 5.74) is 8.25. The van der Waals surface area contributed by atoms with Gasteiger partial charge in [0, 0.05) is 6.54 Å². The highest BCUT2D eigenvalue weighted by molar-refractivity contribution is 5.33. The molecule has 0 fully saturated rings. The Kier molecular flexibility index (Phi) is 3.27. The standard InChI is InChI=1S/C12H17N5/c1-3-14-12-15-11(13)17(16-12)8-10-7-5-4-6-9(10)2/h4-7H,3,8H2,1-2H3,(H3,13,14,15,16). The van der Waals surface area contributed by atoms with E-state index in [-0.39, 0.29) is 0 Å². The van der Waals surface area contributed by atoms with E-state index in [1.807, 2.05) is 19.1 Å². The third-order valence-corrected chi connectivity index (χ3v) is 2.62. The maximum atomic E-state index is 5.82. The molecule has 0 spiro atoms. The highest BCUT2D eigenvalue weighted by Crippen LogP contribution is 2.12. The zero-order valence-corrected chi connectivity index (χ0v) is 10.1. The number of aryl methyl sites for hydroxylation is 1. The van der Waals surface area contributed by atoms with Crippen molar-refractivity contribution in [2.45, 2.75) is 20.4 Å². The molecule has 2 aromatic rings. The molecular weight excluding hydrogens is 214 g/mol. The molecule has 3 N–H and O–H groups in total. The Morgan fingerprint density at radius 2 is 2.12 bits per heavy atom. The molecule has 2 rings (SSSR count). The van der Waals surface area contributed by atoms with Gasteiger partial charge >= 0.3 is 0 Å². The normalized spacial score (nSPS) is 10.5. The first-order chi connectivity index (χ1) is 8.20. The minimum absolute atomic E-state index is 0.434. The molecular formula is C12H17N5. The van der Waals surface area contributed by atoms with Gasteiger partial charge in [-0.25, -0.2) is 4.68 Å². The zero-order chi connectivity index (χ0) is 12.3. The van der Waals surface area contributed by atoms with Crippen molar-refractivity contribution in [2.24, 2.45) is 0 Å². The van der Waals surface area contributed by atoms with Crippen LogP contribution in [0.1, 0.15) is 18.1 Å². The smallest absolute Gasteiger partial charge is 0.243 e. The summed E-state index contributed by atoms with van der Waals surface area (Å²) in [4.78, 5) is 4.14. The van der Waals surface area contributed by atoms with E-state index >= 15 is 0 Å². The van der Waals surface area contributed by atoms with Crippen molar-refractivity contribution in [2.75, 3.05) is 17.6 Å². The summed E-state index contributed by atoms with van der Waals surface area (Å²) in [5.74, 6) is 1.02. The first kappa shape index (κ1) is 11.4. The molecule has 1 aromatic carbocycles. The van der Waals surface area contributed by atoms with Crippen LogP contribution in [-0.2, 0) is 6.54 Å². The van der Waals surface area contributed by atoms with Crippen molar-refractivity contribution < 1.29 is 0 Å². The molecule has 90 valence electrons. The van der Waals surface area contributed by atoms with Crippen molar-refractivity contribution in [3.63, 3.8) is 0 Å². The van der Waals surface area contributed by atoms with Gasteiger partial charge in [-0.05, 0) is 25.0 Å². The van der Waals surface area contributed by atoms with Gasteiger partial charge in [-0.3, -0.25) is 0 Å². The minimum atomic E-state index is 0.434. The number of aromatic nitrogens is 3. The molecule has 0 aliphatic rings. The molecule has 1 heterocycles. The van der Waals surface area contributed by atoms with Crippen LogP contribution in [-0.4, -0.2) is 21.3 Å². The molecule has 0 atom stereocenters. The van der Waals surface area contributed by atoms with Crippen LogP contribution < -0.4 is 11.1 Å². The van der Waals surface area contributed by atoms with E-state index in [4.69, 9.17) is 5.73 Å². The van der Waals surface area contributed by atoms with Crippen LogP contribution in [0.15, 0.2) is 24.3 Å². The van der Waals surface area contributed by atoms with E-state index in [1.165, 1.54) is 11.1 Å². The lowest BCUT2D eigenvalue weighted by Gasteiger charge is -2.05. The number of nitrogens with one attached hydrogen (secondary N) is 1. The minimum Gasteiger partial charge on any atom is -0.368 e. The van der Waals surface area contributed by atoms with Crippen molar-refractivity contribution in [3.05, 3.63) is 35.4 Å². The summed E-state index contributed by atoms with van der Waals surface area (Å²) in [6, 6.07) is 8.19. The van der Waals surface area contributed by atoms with Gasteiger partial charge in [0.25, 0.3) is 0 Å². The lowest BCUT2D eigenvalue weighted by atomic mass is 10.1. The number of anilines is 2. The van der Waals surface area contributed by atoms with Crippen LogP contribution in [0.4, 0.5) is 11.9 Å². The van der Waals surface area contributed by atoms with Gasteiger partial charge in [0.2, 0.25) is 11.9 Å². The lowest BCUT2D eigenvalue weighted by molar-refractivity contribution is 0.694. The van der Waals surface area contributed by atoms with E-state index < -0.39 is 0 Å². The van der Waals surface area contributed by atoms with Gasteiger partial charge in [-0.15, -0.1) is 5.10 Å². The first-order valence-corrected chi connectivity index (χ1v) is 5.69. The Labute approximate surface area is 101 Å². The number of benzene rings is 1. The highest BCUT2D eigenvalue weighted by atomic mass is 15.4. The summed E-state index contributed by atoms with van der Waals surface area (Å²) >= 11 is 0. The summed E-state index contributed by atoms with van der Waals surface area (Å²) in [7, 11) is 0. The monoisotopic (exact) mass is 231 g/mol. The van der Waals surface area contributed by atoms with Crippen LogP contribution in [0.25, 0.3) is 0 Å². The Morgan fingerprint density at radius 3 is 2.82 bits per heavy atom. The number of nitrogens with two attached hydrogens (primary N) is 1. The molecule has 5 heteroatoms. The van der Waals surface area contributed by atoms with Gasteiger partial charge in [0.15, 0.2) is 0 Å². The fourth-order valence-corrected chi connectivity index (χ4v) is 1.65. The van der Waals surface area contributed by atoms with Crippen LogP contribution in [0.2, 0.25) is 0 Å². The Balaban J connectivity index is 2.21. The number of hydrogen-bond acceptors (Lipinski definition) is 4. The quantitative estimate of drug-likeness (QED) is 0.839. The first-order valence-electron chi connectivity index (χ1n) is 5.69. The second-order valence-corrected chi connectivity index (χ2v) is 3.91. The molecule has 0 aliphatic heterocycles. The van der Waals surface area contributed by atoms with Crippen LogP contribution in [0.3, 0.4) is 0 Å². The van der Waals surface area contributed by atoms with Gasteiger partial charge in [0.1, 0.15) is 0 Å². The average Bonchev–Trinajstić information content (AvgIpc) is 2.63. The largest absolute Gasteiger partial charge is 0.368 e. The van der Waals surface area contributed by atoms with Crippen LogP contribution >= 0.6 is 0 Å². The topological polar surface area (TPSA) is 68.8 Å². The zero-order valence-electron chi connectivity index (χ0n) is 10.1. The second-order valence-electron chi connectivity index (χ2n) is 3.91. The summed E-state index contributed by atoms with van der Waals surface area (Å²) in [5, 5.41) is 7.35. The van der Waals surface area contributed by atoms with Gasteiger partial charge in [-0.1, -0.05) is 24.3 Å². The van der Waals surface area contributed by atoms with Crippen LogP contribution in [0, 0.1) is 6.92 Å². The molecule has 0 amide bonds. The highest BCUT2D eigenvalue weighted by Gasteiger charge is 2.07. The number of rotatable bonds is 4. The summed E-state index contributed by atoms with van der Waals surface area (Å²) in [6.07, 6.45) is 0. The predicted molar refractivity (Wildman–Crippen MR) is 68.9 cm³/mol. The van der Waals surface area contributed by atoms with E-state index in [2.05, 4.69) is 34.5 Å². The maximum Gasteiger partial charge on any atom is 0.243 e. The van der Waals surface area contributed by atoms with Crippen molar-refractivity contribution in [1.82, 2.24) is 14.8 Å². The Hall–Kier alpha value is -2.04. The third kappa shape index (κ3) is 2.55. The molecule has 0 saturated carbocycles. The van der Waals surface area contributed by atoms with Crippen molar-refractivity contribution in [1.29, 1.82) is 0 Å². The molecule has 5 nitrogen and oxygen atoms in total. The second kappa shape index (κ2) is 4.86. The van der Waals surface area contributed by atoms with Crippen LogP contribution in [0.5, 0.6) is 0 Å². The number of nitrogen functional groups attached to an aromatic ring is 1. The number of nitrogens with zero attached hydrogens (tertiary/aromatic N) is 3. The Bertz CT molecular complexity index is 503. The van der Waals surface area contributed by atoms with Gasteiger partial charge < -0.3 is 11.1 Å². The molecule has 0 aliphatic carbocycles. The SMILES string of the molecule is CCNc1nc(N)n(Cc2ccccc2C)n1. The summed E-state index contributed by atoms with van der Waals surface area (Å²) < 4.78 is 1.71. The predicted octanol–water partition coefficient (Wildman–Crippen LogP) is 1.65. The van der Waals surface area contributed by atoms with Gasteiger partial charge in [-0.2, -0.15) is 4.98 Å². The molecule has 17 heavy (non-hydrogen) atoms. The summed E-state index contributed by atoms with van der Waals surface area (Å²) in [6.45, 7) is 5.51. The molecule has 0 saturated heterocycles. The third-order valence-electron chi connectivity index (χ3n) is 2.62. The maximum absolute atomic E-state index is 5.82. The lowest BCUT2D eigenvalue weighted by Crippen LogP contribution is -2.07.